The molecule has 0 aliphatic carbocycles. The van der Waals surface area contributed by atoms with Crippen molar-refractivity contribution in [2.45, 2.75) is 12.8 Å². The van der Waals surface area contributed by atoms with E-state index in [9.17, 15) is 14.7 Å². The summed E-state index contributed by atoms with van der Waals surface area (Å²) in [5.74, 6) is -0.275. The molecule has 2 N–H and O–H groups in total. The number of nitriles is 1. The Kier molecular flexibility index (Phi) is 7.35. The summed E-state index contributed by atoms with van der Waals surface area (Å²) < 4.78 is 4.62. The first-order chi connectivity index (χ1) is 13.1. The normalized spacial score (nSPS) is 9.96. The van der Waals surface area contributed by atoms with E-state index in [0.717, 1.165) is 5.56 Å². The van der Waals surface area contributed by atoms with Crippen LogP contribution in [0.25, 0.3) is 0 Å². The first-order valence-corrected chi connectivity index (χ1v) is 8.42. The molecule has 0 aromatic heterocycles. The maximum atomic E-state index is 12.6. The van der Waals surface area contributed by atoms with Gasteiger partial charge in [-0.25, -0.2) is 4.79 Å². The number of anilines is 2. The number of esters is 1. The van der Waals surface area contributed by atoms with Gasteiger partial charge in [-0.15, -0.1) is 0 Å². The monoisotopic (exact) mass is 367 g/mol. The van der Waals surface area contributed by atoms with E-state index >= 15 is 0 Å². The number of methoxy groups -OCH3 is 1. The fourth-order valence-corrected chi connectivity index (χ4v) is 2.46. The van der Waals surface area contributed by atoms with Gasteiger partial charge in [-0.2, -0.15) is 5.26 Å². The topological polar surface area (TPSA) is 103 Å². The molecule has 0 bridgehead atoms. The molecule has 0 atom stereocenters. The molecule has 0 spiro atoms. The van der Waals surface area contributed by atoms with Gasteiger partial charge in [0.1, 0.15) is 0 Å². The van der Waals surface area contributed by atoms with Crippen molar-refractivity contribution < 1.29 is 19.4 Å². The lowest BCUT2D eigenvalue weighted by Gasteiger charge is -2.22. The first-order valence-electron chi connectivity index (χ1n) is 8.42. The number of carbonyl (C=O) groups excluding carboxylic acids is 2. The summed E-state index contributed by atoms with van der Waals surface area (Å²) in [4.78, 5) is 25.2. The highest BCUT2D eigenvalue weighted by Crippen LogP contribution is 2.18. The summed E-state index contributed by atoms with van der Waals surface area (Å²) in [6.07, 6.45) is 0.833. The molecule has 140 valence electrons. The van der Waals surface area contributed by atoms with Crippen molar-refractivity contribution in [3.05, 3.63) is 59.7 Å². The smallest absolute Gasteiger partial charge is 0.326 e. The van der Waals surface area contributed by atoms with E-state index in [-0.39, 0.29) is 25.5 Å². The van der Waals surface area contributed by atoms with Crippen LogP contribution >= 0.6 is 0 Å². The van der Waals surface area contributed by atoms with E-state index in [1.54, 1.807) is 36.4 Å². The molecular weight excluding hydrogens is 346 g/mol. The average molecular weight is 367 g/mol. The van der Waals surface area contributed by atoms with Gasteiger partial charge in [0.05, 0.1) is 31.9 Å². The molecule has 2 rings (SSSR count). The number of aliphatic hydroxyl groups excluding tert-OH is 1. The number of ether oxygens (including phenoxy) is 1. The molecule has 0 fully saturated rings. The molecule has 2 amide bonds. The number of rotatable bonds is 7. The zero-order chi connectivity index (χ0) is 19.6. The second-order valence-electron chi connectivity index (χ2n) is 5.74. The second-order valence-corrected chi connectivity index (χ2v) is 5.74. The average Bonchev–Trinajstić information content (AvgIpc) is 2.71. The maximum absolute atomic E-state index is 12.6. The Morgan fingerprint density at radius 2 is 1.81 bits per heavy atom. The second kappa shape index (κ2) is 9.94. The van der Waals surface area contributed by atoms with Crippen LogP contribution in [-0.4, -0.2) is 37.4 Å². The van der Waals surface area contributed by atoms with Gasteiger partial charge in [0, 0.05) is 17.8 Å². The molecule has 2 aromatic rings. The third kappa shape index (κ3) is 5.83. The lowest BCUT2D eigenvalue weighted by Crippen LogP contribution is -2.37. The Hall–Kier alpha value is -3.37. The number of carbonyl (C=O) groups is 2. The largest absolute Gasteiger partial charge is 0.469 e. The zero-order valence-corrected chi connectivity index (χ0v) is 15.0. The van der Waals surface area contributed by atoms with Crippen LogP contribution in [0.4, 0.5) is 16.2 Å². The van der Waals surface area contributed by atoms with Crippen LogP contribution in [0.15, 0.2) is 48.5 Å². The van der Waals surface area contributed by atoms with Crippen molar-refractivity contribution in [3.63, 3.8) is 0 Å². The number of nitrogens with zero attached hydrogens (tertiary/aromatic N) is 2. The predicted octanol–water partition coefficient (Wildman–Crippen LogP) is 2.69. The first kappa shape index (κ1) is 19.9. The van der Waals surface area contributed by atoms with Crippen molar-refractivity contribution >= 4 is 23.4 Å². The van der Waals surface area contributed by atoms with E-state index < -0.39 is 6.03 Å². The Labute approximate surface area is 157 Å². The van der Waals surface area contributed by atoms with Crippen LogP contribution in [0.2, 0.25) is 0 Å². The summed E-state index contributed by atoms with van der Waals surface area (Å²) in [5.41, 5.74) is 2.62. The quantitative estimate of drug-likeness (QED) is 0.733. The van der Waals surface area contributed by atoms with E-state index in [1.165, 1.54) is 12.0 Å². The van der Waals surface area contributed by atoms with Crippen molar-refractivity contribution in [2.24, 2.45) is 0 Å². The van der Waals surface area contributed by atoms with Gasteiger partial charge in [-0.05, 0) is 48.4 Å². The fourth-order valence-electron chi connectivity index (χ4n) is 2.46. The minimum absolute atomic E-state index is 0.129. The van der Waals surface area contributed by atoms with Crippen LogP contribution < -0.4 is 10.2 Å². The molecule has 0 saturated heterocycles. The minimum atomic E-state index is -0.393. The molecule has 7 heteroatoms. The summed E-state index contributed by atoms with van der Waals surface area (Å²) in [7, 11) is 1.35. The van der Waals surface area contributed by atoms with Gasteiger partial charge in [-0.3, -0.25) is 9.69 Å². The standard InChI is InChI=1S/C20H21N3O4/c1-27-19(25)11-6-15-4-9-18(10-5-15)23(12-13-24)20(26)22-17-7-2-16(14-21)3-8-17/h2-5,7-10,24H,6,11-13H2,1H3,(H,22,26). The van der Waals surface area contributed by atoms with Crippen molar-refractivity contribution in [3.8, 4) is 6.07 Å². The highest BCUT2D eigenvalue weighted by atomic mass is 16.5. The van der Waals surface area contributed by atoms with E-state index in [2.05, 4.69) is 10.1 Å². The maximum Gasteiger partial charge on any atom is 0.326 e. The molecule has 7 nitrogen and oxygen atoms in total. The number of benzene rings is 2. The lowest BCUT2D eigenvalue weighted by molar-refractivity contribution is -0.140. The Balaban J connectivity index is 2.07. The number of aliphatic hydroxyl groups is 1. The zero-order valence-electron chi connectivity index (χ0n) is 15.0. The number of urea groups is 1. The SMILES string of the molecule is COC(=O)CCc1ccc(N(CCO)C(=O)Nc2ccc(C#N)cc2)cc1. The summed E-state index contributed by atoms with van der Waals surface area (Å²) >= 11 is 0. The fraction of sp³-hybridized carbons (Fsp3) is 0.250. The van der Waals surface area contributed by atoms with Crippen molar-refractivity contribution in [1.82, 2.24) is 0 Å². The third-order valence-corrected chi connectivity index (χ3v) is 3.93. The Morgan fingerprint density at radius 3 is 2.37 bits per heavy atom. The Bertz CT molecular complexity index is 811. The molecule has 0 aliphatic heterocycles. The van der Waals surface area contributed by atoms with Crippen LogP contribution in [0, 0.1) is 11.3 Å². The molecule has 27 heavy (non-hydrogen) atoms. The molecule has 2 aromatic carbocycles. The van der Waals surface area contributed by atoms with Gasteiger partial charge < -0.3 is 15.2 Å². The van der Waals surface area contributed by atoms with Gasteiger partial charge in [-0.1, -0.05) is 12.1 Å². The van der Waals surface area contributed by atoms with Gasteiger partial charge in [0.25, 0.3) is 0 Å². The van der Waals surface area contributed by atoms with Gasteiger partial charge in [0.15, 0.2) is 0 Å². The Morgan fingerprint density at radius 1 is 1.15 bits per heavy atom. The molecular formula is C20H21N3O4. The van der Waals surface area contributed by atoms with Crippen molar-refractivity contribution in [1.29, 1.82) is 5.26 Å². The molecule has 0 saturated carbocycles. The van der Waals surface area contributed by atoms with Crippen LogP contribution in [0.1, 0.15) is 17.5 Å². The number of hydrogen-bond donors (Lipinski definition) is 2. The summed E-state index contributed by atoms with van der Waals surface area (Å²) in [5, 5.41) is 20.9. The highest BCUT2D eigenvalue weighted by Gasteiger charge is 2.15. The van der Waals surface area contributed by atoms with Crippen LogP contribution in [0.5, 0.6) is 0 Å². The number of amides is 2. The third-order valence-electron chi connectivity index (χ3n) is 3.93. The van der Waals surface area contributed by atoms with E-state index in [0.29, 0.717) is 23.4 Å². The lowest BCUT2D eigenvalue weighted by atomic mass is 10.1. The number of nitrogens with one attached hydrogen (secondary N) is 1. The number of hydrogen-bond acceptors (Lipinski definition) is 5. The van der Waals surface area contributed by atoms with Crippen molar-refractivity contribution in [2.75, 3.05) is 30.5 Å². The van der Waals surface area contributed by atoms with Gasteiger partial charge in [0.2, 0.25) is 0 Å². The molecule has 0 radical (unpaired) electrons. The van der Waals surface area contributed by atoms with E-state index in [4.69, 9.17) is 5.26 Å². The minimum Gasteiger partial charge on any atom is -0.469 e. The number of aryl methyl sites for hydroxylation is 1. The summed E-state index contributed by atoms with van der Waals surface area (Å²) in [6, 6.07) is 15.3. The van der Waals surface area contributed by atoms with Crippen LogP contribution in [0.3, 0.4) is 0 Å². The predicted molar refractivity (Wildman–Crippen MR) is 101 cm³/mol. The molecule has 0 heterocycles. The van der Waals surface area contributed by atoms with E-state index in [1.807, 2.05) is 18.2 Å². The van der Waals surface area contributed by atoms with Gasteiger partial charge >= 0.3 is 12.0 Å². The molecule has 0 aliphatic rings. The van der Waals surface area contributed by atoms with Crippen LogP contribution in [-0.2, 0) is 16.0 Å². The molecule has 0 unspecified atom stereocenters. The summed E-state index contributed by atoms with van der Waals surface area (Å²) in [6.45, 7) is -0.0610. The highest BCUT2D eigenvalue weighted by molar-refractivity contribution is 6.01.